The predicted octanol–water partition coefficient (Wildman–Crippen LogP) is 1.61. The fourth-order valence-electron chi connectivity index (χ4n) is 2.25. The summed E-state index contributed by atoms with van der Waals surface area (Å²) >= 11 is 1.95. The Balaban J connectivity index is 1.84. The molecule has 0 aliphatic carbocycles. The summed E-state index contributed by atoms with van der Waals surface area (Å²) in [4.78, 5) is 3.85. The van der Waals surface area contributed by atoms with Crippen LogP contribution in [0.5, 0.6) is 0 Å². The summed E-state index contributed by atoms with van der Waals surface area (Å²) in [5.74, 6) is 1.18. The second-order valence-corrected chi connectivity index (χ2v) is 5.33. The number of benzene rings is 1. The van der Waals surface area contributed by atoms with E-state index >= 15 is 0 Å². The molecule has 1 fully saturated rings. The van der Waals surface area contributed by atoms with E-state index in [0.717, 1.165) is 32.7 Å². The van der Waals surface area contributed by atoms with Crippen LogP contribution in [0.1, 0.15) is 0 Å². The van der Waals surface area contributed by atoms with Crippen molar-refractivity contribution in [1.29, 1.82) is 0 Å². The van der Waals surface area contributed by atoms with E-state index < -0.39 is 0 Å². The fourth-order valence-corrected chi connectivity index (χ4v) is 3.12. The van der Waals surface area contributed by atoms with Crippen molar-refractivity contribution in [3.8, 4) is 0 Å². The van der Waals surface area contributed by atoms with E-state index in [4.69, 9.17) is 0 Å². The van der Waals surface area contributed by atoms with Crippen molar-refractivity contribution in [3.05, 3.63) is 18.2 Å². The predicted molar refractivity (Wildman–Crippen MR) is 70.7 cm³/mol. The molecule has 0 aromatic heterocycles. The maximum absolute atomic E-state index is 3.48. The molecule has 3 nitrogen and oxygen atoms in total. The van der Waals surface area contributed by atoms with E-state index in [9.17, 15) is 0 Å². The van der Waals surface area contributed by atoms with Gasteiger partial charge in [-0.25, -0.2) is 0 Å². The number of nitrogens with one attached hydrogen (secondary N) is 2. The van der Waals surface area contributed by atoms with Crippen LogP contribution in [0.25, 0.3) is 0 Å². The van der Waals surface area contributed by atoms with Crippen molar-refractivity contribution >= 4 is 23.1 Å². The Morgan fingerprint density at radius 3 is 2.88 bits per heavy atom. The molecule has 0 amide bonds. The molecule has 1 aromatic rings. The van der Waals surface area contributed by atoms with Gasteiger partial charge in [-0.1, -0.05) is 0 Å². The van der Waals surface area contributed by atoms with E-state index in [1.165, 1.54) is 22.0 Å². The number of piperazine rings is 1. The van der Waals surface area contributed by atoms with Gasteiger partial charge in [-0.15, -0.1) is 11.8 Å². The molecule has 16 heavy (non-hydrogen) atoms. The number of anilines is 2. The van der Waals surface area contributed by atoms with E-state index in [0.29, 0.717) is 0 Å². The van der Waals surface area contributed by atoms with E-state index in [1.807, 2.05) is 11.8 Å². The zero-order chi connectivity index (χ0) is 10.8. The SMILES string of the molecule is c1cc2c(cc1N1CCNCC1)NCCS2. The summed E-state index contributed by atoms with van der Waals surface area (Å²) < 4.78 is 0. The summed E-state index contributed by atoms with van der Waals surface area (Å²) in [5.41, 5.74) is 2.67. The Morgan fingerprint density at radius 2 is 2.00 bits per heavy atom. The molecule has 0 bridgehead atoms. The van der Waals surface area contributed by atoms with Gasteiger partial charge >= 0.3 is 0 Å². The topological polar surface area (TPSA) is 27.3 Å². The first kappa shape index (κ1) is 10.3. The Morgan fingerprint density at radius 1 is 1.12 bits per heavy atom. The van der Waals surface area contributed by atoms with Crippen molar-refractivity contribution < 1.29 is 0 Å². The van der Waals surface area contributed by atoms with E-state index in [1.54, 1.807) is 0 Å². The van der Waals surface area contributed by atoms with Crippen molar-refractivity contribution in [2.45, 2.75) is 4.90 Å². The zero-order valence-electron chi connectivity index (χ0n) is 9.33. The van der Waals surface area contributed by atoms with Gasteiger partial charge in [0.25, 0.3) is 0 Å². The number of nitrogens with zero attached hydrogens (tertiary/aromatic N) is 1. The molecule has 86 valence electrons. The third kappa shape index (κ3) is 1.99. The Kier molecular flexibility index (Phi) is 2.93. The highest BCUT2D eigenvalue weighted by Gasteiger charge is 2.14. The van der Waals surface area contributed by atoms with Crippen LogP contribution in [0.2, 0.25) is 0 Å². The van der Waals surface area contributed by atoms with Crippen molar-refractivity contribution in [2.75, 3.05) is 48.7 Å². The Hall–Kier alpha value is -0.870. The molecule has 2 aliphatic rings. The smallest absolute Gasteiger partial charge is 0.0499 e. The maximum atomic E-state index is 3.48. The molecule has 3 rings (SSSR count). The minimum absolute atomic E-state index is 1.09. The Labute approximate surface area is 101 Å². The van der Waals surface area contributed by atoms with Crippen molar-refractivity contribution in [2.24, 2.45) is 0 Å². The largest absolute Gasteiger partial charge is 0.383 e. The molecule has 4 heteroatoms. The van der Waals surface area contributed by atoms with Gasteiger partial charge in [0.2, 0.25) is 0 Å². The van der Waals surface area contributed by atoms with Crippen LogP contribution >= 0.6 is 11.8 Å². The van der Waals surface area contributed by atoms with Crippen LogP contribution in [-0.4, -0.2) is 38.5 Å². The summed E-state index contributed by atoms with van der Waals surface area (Å²) in [6.07, 6.45) is 0. The minimum Gasteiger partial charge on any atom is -0.383 e. The molecule has 0 unspecified atom stereocenters. The number of hydrogen-bond donors (Lipinski definition) is 2. The minimum atomic E-state index is 1.09. The molecule has 1 saturated heterocycles. The van der Waals surface area contributed by atoms with Crippen LogP contribution in [0.3, 0.4) is 0 Å². The van der Waals surface area contributed by atoms with Crippen LogP contribution in [-0.2, 0) is 0 Å². The average Bonchev–Trinajstić information content (AvgIpc) is 2.39. The lowest BCUT2D eigenvalue weighted by Crippen LogP contribution is -2.43. The second kappa shape index (κ2) is 4.55. The maximum Gasteiger partial charge on any atom is 0.0499 e. The third-order valence-corrected chi connectivity index (χ3v) is 4.20. The molecule has 1 aromatic carbocycles. The van der Waals surface area contributed by atoms with E-state index in [-0.39, 0.29) is 0 Å². The number of rotatable bonds is 1. The number of hydrogen-bond acceptors (Lipinski definition) is 4. The molecule has 2 aliphatic heterocycles. The van der Waals surface area contributed by atoms with Gasteiger partial charge in [-0.2, -0.15) is 0 Å². The Bertz CT molecular complexity index is 375. The monoisotopic (exact) mass is 235 g/mol. The van der Waals surface area contributed by atoms with E-state index in [2.05, 4.69) is 33.7 Å². The van der Waals surface area contributed by atoms with Gasteiger partial charge < -0.3 is 15.5 Å². The molecule has 0 saturated carbocycles. The number of fused-ring (bicyclic) bond motifs is 1. The lowest BCUT2D eigenvalue weighted by molar-refractivity contribution is 0.589. The normalized spacial score (nSPS) is 20.1. The van der Waals surface area contributed by atoms with Crippen molar-refractivity contribution in [1.82, 2.24) is 5.32 Å². The highest BCUT2D eigenvalue weighted by molar-refractivity contribution is 7.99. The first-order valence-corrected chi connectivity index (χ1v) is 6.88. The quantitative estimate of drug-likeness (QED) is 0.773. The average molecular weight is 235 g/mol. The highest BCUT2D eigenvalue weighted by Crippen LogP contribution is 2.33. The molecular weight excluding hydrogens is 218 g/mol. The van der Waals surface area contributed by atoms with Gasteiger partial charge in [0.1, 0.15) is 0 Å². The lowest BCUT2D eigenvalue weighted by atomic mass is 10.2. The first-order chi connectivity index (χ1) is 7.93. The molecule has 2 heterocycles. The highest BCUT2D eigenvalue weighted by atomic mass is 32.2. The zero-order valence-corrected chi connectivity index (χ0v) is 10.1. The van der Waals surface area contributed by atoms with Crippen molar-refractivity contribution in [3.63, 3.8) is 0 Å². The van der Waals surface area contributed by atoms with Gasteiger partial charge in [0.05, 0.1) is 0 Å². The van der Waals surface area contributed by atoms with Gasteiger partial charge in [0.15, 0.2) is 0 Å². The van der Waals surface area contributed by atoms with Gasteiger partial charge in [-0.3, -0.25) is 0 Å². The molecule has 0 spiro atoms. The van der Waals surface area contributed by atoms with Crippen LogP contribution in [0, 0.1) is 0 Å². The summed E-state index contributed by atoms with van der Waals surface area (Å²) in [5, 5.41) is 6.86. The molecule has 0 atom stereocenters. The standard InChI is InChI=1S/C12H17N3S/c1-2-12-11(14-5-8-16-12)9-10(1)15-6-3-13-4-7-15/h1-2,9,13-14H,3-8H2. The molecule has 2 N–H and O–H groups in total. The van der Waals surface area contributed by atoms with Crippen LogP contribution in [0.4, 0.5) is 11.4 Å². The van der Waals surface area contributed by atoms with Gasteiger partial charge in [-0.05, 0) is 18.2 Å². The lowest BCUT2D eigenvalue weighted by Gasteiger charge is -2.30. The van der Waals surface area contributed by atoms with Gasteiger partial charge in [0, 0.05) is 54.7 Å². The van der Waals surface area contributed by atoms with Crippen LogP contribution < -0.4 is 15.5 Å². The van der Waals surface area contributed by atoms with Crippen LogP contribution in [0.15, 0.2) is 23.1 Å². The second-order valence-electron chi connectivity index (χ2n) is 4.19. The number of thioether (sulfide) groups is 1. The summed E-state index contributed by atoms with van der Waals surface area (Å²) in [6.45, 7) is 5.51. The molecule has 0 radical (unpaired) electrons. The molecular formula is C12H17N3S. The fraction of sp³-hybridized carbons (Fsp3) is 0.500. The summed E-state index contributed by atoms with van der Waals surface area (Å²) in [7, 11) is 0. The first-order valence-electron chi connectivity index (χ1n) is 5.90. The third-order valence-electron chi connectivity index (χ3n) is 3.12. The summed E-state index contributed by atoms with van der Waals surface area (Å²) in [6, 6.07) is 6.81.